The summed E-state index contributed by atoms with van der Waals surface area (Å²) < 4.78 is 5.24. The van der Waals surface area contributed by atoms with Gasteiger partial charge in [-0.15, -0.1) is 0 Å². The molecule has 8 nitrogen and oxygen atoms in total. The number of aliphatic hydroxyl groups is 1. The van der Waals surface area contributed by atoms with Gasteiger partial charge >= 0.3 is 0 Å². The SMILES string of the molecule is COc1cccc(CNC(=O)[C@@H]2C[C@@H](O)CN2C2CCN(C(=O)c3ccncc3)CC2)c1. The lowest BCUT2D eigenvalue weighted by atomic mass is 10.0. The minimum atomic E-state index is -0.515. The first kappa shape index (κ1) is 22.2. The van der Waals surface area contributed by atoms with Gasteiger partial charge in [-0.25, -0.2) is 0 Å². The molecule has 2 amide bonds. The number of hydrogen-bond acceptors (Lipinski definition) is 6. The van der Waals surface area contributed by atoms with Crippen LogP contribution in [0.5, 0.6) is 5.75 Å². The van der Waals surface area contributed by atoms with Crippen LogP contribution >= 0.6 is 0 Å². The lowest BCUT2D eigenvalue weighted by molar-refractivity contribution is -0.126. The fourth-order valence-electron chi connectivity index (χ4n) is 4.67. The highest BCUT2D eigenvalue weighted by atomic mass is 16.5. The number of amides is 2. The van der Waals surface area contributed by atoms with Gasteiger partial charge in [0.2, 0.25) is 5.91 Å². The number of carbonyl (C=O) groups is 2. The molecule has 170 valence electrons. The molecule has 0 saturated carbocycles. The van der Waals surface area contributed by atoms with Crippen LogP contribution < -0.4 is 10.1 Å². The fourth-order valence-corrected chi connectivity index (χ4v) is 4.67. The molecule has 2 saturated heterocycles. The summed E-state index contributed by atoms with van der Waals surface area (Å²) in [5.41, 5.74) is 1.61. The molecule has 2 aliphatic rings. The number of methoxy groups -OCH3 is 1. The third-order valence-corrected chi connectivity index (χ3v) is 6.37. The van der Waals surface area contributed by atoms with Crippen molar-refractivity contribution < 1.29 is 19.4 Å². The summed E-state index contributed by atoms with van der Waals surface area (Å²) in [6.07, 6.45) is 4.73. The number of rotatable bonds is 6. The molecular formula is C24H30N4O4. The van der Waals surface area contributed by atoms with Crippen molar-refractivity contribution in [3.8, 4) is 5.75 Å². The van der Waals surface area contributed by atoms with Gasteiger partial charge in [-0.2, -0.15) is 0 Å². The Hall–Kier alpha value is -2.97. The summed E-state index contributed by atoms with van der Waals surface area (Å²) >= 11 is 0. The summed E-state index contributed by atoms with van der Waals surface area (Å²) in [5.74, 6) is 0.697. The second-order valence-corrected chi connectivity index (χ2v) is 8.43. The van der Waals surface area contributed by atoms with Crippen LogP contribution in [0.25, 0.3) is 0 Å². The average Bonchev–Trinajstić information content (AvgIpc) is 3.24. The summed E-state index contributed by atoms with van der Waals surface area (Å²) in [6.45, 7) is 2.17. The van der Waals surface area contributed by atoms with E-state index in [4.69, 9.17) is 4.74 Å². The van der Waals surface area contributed by atoms with Crippen molar-refractivity contribution in [1.29, 1.82) is 0 Å². The number of hydrogen-bond donors (Lipinski definition) is 2. The number of aromatic nitrogens is 1. The Morgan fingerprint density at radius 3 is 2.66 bits per heavy atom. The number of nitrogens with one attached hydrogen (secondary N) is 1. The zero-order chi connectivity index (χ0) is 22.5. The minimum Gasteiger partial charge on any atom is -0.497 e. The first-order chi connectivity index (χ1) is 15.5. The summed E-state index contributed by atoms with van der Waals surface area (Å²) in [6, 6.07) is 10.9. The number of benzene rings is 1. The Bertz CT molecular complexity index is 931. The number of pyridine rings is 1. The van der Waals surface area contributed by atoms with Crippen molar-refractivity contribution in [2.45, 2.75) is 44.0 Å². The van der Waals surface area contributed by atoms with Crippen LogP contribution in [0.15, 0.2) is 48.8 Å². The normalized spacial score (nSPS) is 22.0. The molecule has 1 aromatic carbocycles. The minimum absolute atomic E-state index is 0.0138. The molecule has 2 N–H and O–H groups in total. The van der Waals surface area contributed by atoms with Gasteiger partial charge < -0.3 is 20.1 Å². The van der Waals surface area contributed by atoms with Crippen LogP contribution in [0.3, 0.4) is 0 Å². The number of piperidine rings is 1. The number of aliphatic hydroxyl groups excluding tert-OH is 1. The van der Waals surface area contributed by atoms with E-state index >= 15 is 0 Å². The zero-order valence-corrected chi connectivity index (χ0v) is 18.3. The largest absolute Gasteiger partial charge is 0.497 e. The monoisotopic (exact) mass is 438 g/mol. The van der Waals surface area contributed by atoms with Gasteiger partial charge in [0, 0.05) is 50.2 Å². The number of β-amino-alcohol motifs (C(OH)–C–C–N with tert-alkyl or cyclic N) is 1. The average molecular weight is 439 g/mol. The van der Waals surface area contributed by atoms with E-state index in [1.54, 1.807) is 31.6 Å². The zero-order valence-electron chi connectivity index (χ0n) is 18.3. The first-order valence-electron chi connectivity index (χ1n) is 11.1. The maximum atomic E-state index is 13.0. The molecular weight excluding hydrogens is 408 g/mol. The van der Waals surface area contributed by atoms with Gasteiger partial charge in [0.05, 0.1) is 19.3 Å². The summed E-state index contributed by atoms with van der Waals surface area (Å²) in [4.78, 5) is 33.6. The van der Waals surface area contributed by atoms with Crippen molar-refractivity contribution in [3.63, 3.8) is 0 Å². The molecule has 0 radical (unpaired) electrons. The molecule has 2 aromatic rings. The highest BCUT2D eigenvalue weighted by Crippen LogP contribution is 2.27. The third-order valence-electron chi connectivity index (χ3n) is 6.37. The number of carbonyl (C=O) groups excluding carboxylic acids is 2. The smallest absolute Gasteiger partial charge is 0.253 e. The molecule has 0 unspecified atom stereocenters. The summed E-state index contributed by atoms with van der Waals surface area (Å²) in [5, 5.41) is 13.3. The van der Waals surface area contributed by atoms with Gasteiger partial charge in [-0.05, 0) is 49.1 Å². The van der Waals surface area contributed by atoms with E-state index in [1.807, 2.05) is 29.2 Å². The van der Waals surface area contributed by atoms with Crippen LogP contribution in [0.1, 0.15) is 35.2 Å². The van der Waals surface area contributed by atoms with Crippen molar-refractivity contribution >= 4 is 11.8 Å². The third kappa shape index (κ3) is 5.08. The Labute approximate surface area is 188 Å². The van der Waals surface area contributed by atoms with Crippen LogP contribution in [0.4, 0.5) is 0 Å². The predicted octanol–water partition coefficient (Wildman–Crippen LogP) is 1.45. The first-order valence-corrected chi connectivity index (χ1v) is 11.1. The molecule has 8 heteroatoms. The van der Waals surface area contributed by atoms with E-state index in [-0.39, 0.29) is 23.9 Å². The molecule has 0 spiro atoms. The fraction of sp³-hybridized carbons (Fsp3) is 0.458. The lowest BCUT2D eigenvalue weighted by Gasteiger charge is -2.38. The molecule has 0 bridgehead atoms. The van der Waals surface area contributed by atoms with Gasteiger partial charge in [-0.3, -0.25) is 19.5 Å². The molecule has 4 rings (SSSR count). The Kier molecular flexibility index (Phi) is 7.02. The number of ether oxygens (including phenoxy) is 1. The quantitative estimate of drug-likeness (QED) is 0.709. The molecule has 0 aliphatic carbocycles. The van der Waals surface area contributed by atoms with Crippen LogP contribution in [0.2, 0.25) is 0 Å². The molecule has 1 aromatic heterocycles. The standard InChI is InChI=1S/C24H30N4O4/c1-32-21-4-2-3-17(13-21)15-26-23(30)22-14-20(29)16-28(22)19-7-11-27(12-8-19)24(31)18-5-9-25-10-6-18/h2-6,9-10,13,19-20,22,29H,7-8,11-12,14-16H2,1H3,(H,26,30)/t20-,22+/m1/s1. The summed E-state index contributed by atoms with van der Waals surface area (Å²) in [7, 11) is 1.62. The Morgan fingerprint density at radius 2 is 1.94 bits per heavy atom. The topological polar surface area (TPSA) is 95.0 Å². The van der Waals surface area contributed by atoms with Crippen molar-refractivity contribution in [2.24, 2.45) is 0 Å². The van der Waals surface area contributed by atoms with E-state index in [0.29, 0.717) is 38.2 Å². The van der Waals surface area contributed by atoms with Crippen molar-refractivity contribution in [2.75, 3.05) is 26.7 Å². The van der Waals surface area contributed by atoms with Crippen molar-refractivity contribution in [3.05, 3.63) is 59.9 Å². The maximum absolute atomic E-state index is 13.0. The predicted molar refractivity (Wildman–Crippen MR) is 119 cm³/mol. The van der Waals surface area contributed by atoms with Crippen LogP contribution in [0, 0.1) is 0 Å². The second kappa shape index (κ2) is 10.1. The van der Waals surface area contributed by atoms with Crippen LogP contribution in [-0.2, 0) is 11.3 Å². The van der Waals surface area contributed by atoms with Crippen molar-refractivity contribution in [1.82, 2.24) is 20.1 Å². The number of likely N-dealkylation sites (tertiary alicyclic amines) is 2. The van der Waals surface area contributed by atoms with E-state index in [2.05, 4.69) is 15.2 Å². The lowest BCUT2D eigenvalue weighted by Crippen LogP contribution is -2.52. The van der Waals surface area contributed by atoms with Gasteiger partial charge in [-0.1, -0.05) is 12.1 Å². The molecule has 32 heavy (non-hydrogen) atoms. The van der Waals surface area contributed by atoms with E-state index in [9.17, 15) is 14.7 Å². The Balaban J connectivity index is 1.33. The highest BCUT2D eigenvalue weighted by molar-refractivity contribution is 5.94. The van der Waals surface area contributed by atoms with Gasteiger partial charge in [0.15, 0.2) is 0 Å². The second-order valence-electron chi connectivity index (χ2n) is 8.43. The molecule has 3 heterocycles. The highest BCUT2D eigenvalue weighted by Gasteiger charge is 2.41. The van der Waals surface area contributed by atoms with Crippen LogP contribution in [-0.4, -0.2) is 76.6 Å². The van der Waals surface area contributed by atoms with Gasteiger partial charge in [0.1, 0.15) is 5.75 Å². The maximum Gasteiger partial charge on any atom is 0.253 e. The van der Waals surface area contributed by atoms with E-state index in [1.165, 1.54) is 0 Å². The van der Waals surface area contributed by atoms with E-state index in [0.717, 1.165) is 24.2 Å². The molecule has 2 atom stereocenters. The van der Waals surface area contributed by atoms with E-state index < -0.39 is 6.10 Å². The number of nitrogens with zero attached hydrogens (tertiary/aromatic N) is 3. The Morgan fingerprint density at radius 1 is 1.19 bits per heavy atom. The molecule has 2 aliphatic heterocycles. The van der Waals surface area contributed by atoms with Gasteiger partial charge in [0.25, 0.3) is 5.91 Å². The molecule has 2 fully saturated rings.